The Morgan fingerprint density at radius 1 is 1.33 bits per heavy atom. The highest BCUT2D eigenvalue weighted by atomic mass is 32.2. The van der Waals surface area contributed by atoms with Gasteiger partial charge in [-0.05, 0) is 18.3 Å². The quantitative estimate of drug-likeness (QED) is 0.774. The zero-order chi connectivity index (χ0) is 16.4. The van der Waals surface area contributed by atoms with E-state index in [2.05, 4.69) is 5.32 Å². The second-order valence-electron chi connectivity index (χ2n) is 6.61. The molecule has 1 amide bonds. The monoisotopic (exact) mass is 320 g/mol. The number of amides is 1. The highest BCUT2D eigenvalue weighted by Gasteiger charge is 2.36. The Morgan fingerprint density at radius 3 is 2.33 bits per heavy atom. The lowest BCUT2D eigenvalue weighted by Gasteiger charge is -2.33. The maximum absolute atomic E-state index is 12.2. The van der Waals surface area contributed by atoms with Crippen LogP contribution in [-0.4, -0.2) is 55.1 Å². The Hall–Kier alpha value is -1.15. The molecular weight excluding hydrogens is 296 g/mol. The number of rotatable bonds is 4. The number of carboxylic acids is 1. The van der Waals surface area contributed by atoms with Crippen molar-refractivity contribution in [1.29, 1.82) is 0 Å². The normalized spacial score (nSPS) is 22.6. The van der Waals surface area contributed by atoms with Crippen LogP contribution in [0.1, 0.15) is 33.6 Å². The van der Waals surface area contributed by atoms with Crippen LogP contribution in [0.4, 0.5) is 0 Å². The van der Waals surface area contributed by atoms with Gasteiger partial charge in [0.1, 0.15) is 6.04 Å². The lowest BCUT2D eigenvalue weighted by molar-refractivity contribution is -0.145. The fourth-order valence-corrected chi connectivity index (χ4v) is 3.28. The molecule has 0 saturated carbocycles. The molecule has 0 aromatic heterocycles. The first-order valence-corrected chi connectivity index (χ1v) is 8.76. The molecule has 2 atom stereocenters. The van der Waals surface area contributed by atoms with Crippen molar-refractivity contribution >= 4 is 21.9 Å². The summed E-state index contributed by atoms with van der Waals surface area (Å²) < 4.78 is 24.4. The minimum Gasteiger partial charge on any atom is -0.480 e. The summed E-state index contributed by atoms with van der Waals surface area (Å²) in [4.78, 5) is 23.5. The van der Waals surface area contributed by atoms with Crippen molar-refractivity contribution in [3.8, 4) is 0 Å². The molecule has 1 heterocycles. The van der Waals surface area contributed by atoms with E-state index in [4.69, 9.17) is 0 Å². The fourth-order valence-electron chi connectivity index (χ4n) is 2.37. The SMILES string of the molecule is CC(C)(C)C(NC(=O)C1CCCN(S(C)(=O)=O)C1)C(=O)O. The van der Waals surface area contributed by atoms with Gasteiger partial charge in [0, 0.05) is 13.1 Å². The molecule has 0 radical (unpaired) electrons. The van der Waals surface area contributed by atoms with Crippen LogP contribution in [0, 0.1) is 11.3 Å². The molecule has 1 rings (SSSR count). The number of piperidine rings is 1. The van der Waals surface area contributed by atoms with Crippen molar-refractivity contribution in [3.05, 3.63) is 0 Å². The first-order chi connectivity index (χ1) is 9.43. The second kappa shape index (κ2) is 6.31. The molecule has 1 aliphatic heterocycles. The number of carbonyl (C=O) groups excluding carboxylic acids is 1. The maximum atomic E-state index is 12.2. The lowest BCUT2D eigenvalue weighted by atomic mass is 9.86. The fraction of sp³-hybridized carbons (Fsp3) is 0.846. The van der Waals surface area contributed by atoms with E-state index in [1.807, 2.05) is 0 Å². The number of hydrogen-bond donors (Lipinski definition) is 2. The minimum atomic E-state index is -3.33. The molecule has 1 saturated heterocycles. The summed E-state index contributed by atoms with van der Waals surface area (Å²) in [5.41, 5.74) is -0.618. The third-order valence-corrected chi connectivity index (χ3v) is 4.89. The van der Waals surface area contributed by atoms with Crippen molar-refractivity contribution in [2.24, 2.45) is 11.3 Å². The Balaban J connectivity index is 2.77. The van der Waals surface area contributed by atoms with E-state index >= 15 is 0 Å². The number of nitrogens with zero attached hydrogens (tertiary/aromatic N) is 1. The summed E-state index contributed by atoms with van der Waals surface area (Å²) in [5, 5.41) is 11.8. The standard InChI is InChI=1S/C13H24N2O5S/c1-13(2,3)10(12(17)18)14-11(16)9-6-5-7-15(8-9)21(4,19)20/h9-10H,5-8H2,1-4H3,(H,14,16)(H,17,18). The summed E-state index contributed by atoms with van der Waals surface area (Å²) >= 11 is 0. The van der Waals surface area contributed by atoms with E-state index in [9.17, 15) is 23.1 Å². The second-order valence-corrected chi connectivity index (χ2v) is 8.59. The van der Waals surface area contributed by atoms with Gasteiger partial charge in [0.15, 0.2) is 0 Å². The molecule has 122 valence electrons. The van der Waals surface area contributed by atoms with Crippen molar-refractivity contribution in [2.45, 2.75) is 39.7 Å². The van der Waals surface area contributed by atoms with Gasteiger partial charge in [0.05, 0.1) is 12.2 Å². The largest absolute Gasteiger partial charge is 0.480 e. The van der Waals surface area contributed by atoms with Gasteiger partial charge in [-0.1, -0.05) is 20.8 Å². The predicted molar refractivity (Wildman–Crippen MR) is 78.2 cm³/mol. The molecule has 0 aromatic carbocycles. The zero-order valence-electron chi connectivity index (χ0n) is 12.9. The van der Waals surface area contributed by atoms with Crippen molar-refractivity contribution in [2.75, 3.05) is 19.3 Å². The molecule has 0 spiro atoms. The summed E-state index contributed by atoms with van der Waals surface area (Å²) in [5.74, 6) is -1.99. The van der Waals surface area contributed by atoms with Crippen molar-refractivity contribution in [1.82, 2.24) is 9.62 Å². The van der Waals surface area contributed by atoms with Gasteiger partial charge in [-0.15, -0.1) is 0 Å². The molecule has 7 nitrogen and oxygen atoms in total. The van der Waals surface area contributed by atoms with Crippen LogP contribution in [0.2, 0.25) is 0 Å². The smallest absolute Gasteiger partial charge is 0.326 e. The Morgan fingerprint density at radius 2 is 1.90 bits per heavy atom. The molecule has 21 heavy (non-hydrogen) atoms. The topological polar surface area (TPSA) is 104 Å². The number of aliphatic carboxylic acids is 1. The Kier molecular flexibility index (Phi) is 5.38. The van der Waals surface area contributed by atoms with Gasteiger partial charge in [-0.3, -0.25) is 4.79 Å². The van der Waals surface area contributed by atoms with E-state index < -0.39 is 39.3 Å². The van der Waals surface area contributed by atoms with Gasteiger partial charge in [0.2, 0.25) is 15.9 Å². The van der Waals surface area contributed by atoms with Crippen molar-refractivity contribution in [3.63, 3.8) is 0 Å². The third-order valence-electron chi connectivity index (χ3n) is 3.62. The van der Waals surface area contributed by atoms with Crippen LogP contribution in [0.5, 0.6) is 0 Å². The first kappa shape index (κ1) is 17.9. The van der Waals surface area contributed by atoms with Crippen LogP contribution in [-0.2, 0) is 19.6 Å². The molecular formula is C13H24N2O5S. The molecule has 8 heteroatoms. The molecule has 2 N–H and O–H groups in total. The van der Waals surface area contributed by atoms with E-state index in [0.717, 1.165) is 6.26 Å². The Labute approximate surface area is 125 Å². The summed E-state index contributed by atoms with van der Waals surface area (Å²) in [7, 11) is -3.33. The van der Waals surface area contributed by atoms with Gasteiger partial charge in [-0.25, -0.2) is 17.5 Å². The average Bonchev–Trinajstić information content (AvgIpc) is 2.33. The number of hydrogen-bond acceptors (Lipinski definition) is 4. The molecule has 0 aromatic rings. The number of carboxylic acid groups (broad SMARTS) is 1. The zero-order valence-corrected chi connectivity index (χ0v) is 13.7. The van der Waals surface area contributed by atoms with Gasteiger partial charge in [-0.2, -0.15) is 0 Å². The summed E-state index contributed by atoms with van der Waals surface area (Å²) in [6, 6.07) is -1.00. The molecule has 1 aliphatic rings. The number of carbonyl (C=O) groups is 2. The number of nitrogens with one attached hydrogen (secondary N) is 1. The summed E-state index contributed by atoms with van der Waals surface area (Å²) in [6.45, 7) is 5.71. The minimum absolute atomic E-state index is 0.112. The molecule has 0 bridgehead atoms. The predicted octanol–water partition coefficient (Wildman–Crippen LogP) is 0.274. The van der Waals surface area contributed by atoms with E-state index in [0.29, 0.717) is 19.4 Å². The van der Waals surface area contributed by atoms with E-state index in [1.54, 1.807) is 20.8 Å². The molecule has 2 unspecified atom stereocenters. The Bertz CT molecular complexity index is 509. The van der Waals surface area contributed by atoms with E-state index in [-0.39, 0.29) is 6.54 Å². The van der Waals surface area contributed by atoms with Gasteiger partial charge >= 0.3 is 5.97 Å². The van der Waals surface area contributed by atoms with Gasteiger partial charge < -0.3 is 10.4 Å². The van der Waals surface area contributed by atoms with Crippen molar-refractivity contribution < 1.29 is 23.1 Å². The highest BCUT2D eigenvalue weighted by Crippen LogP contribution is 2.22. The molecule has 1 fully saturated rings. The lowest BCUT2D eigenvalue weighted by Crippen LogP contribution is -2.53. The molecule has 0 aliphatic carbocycles. The number of sulfonamides is 1. The van der Waals surface area contributed by atoms with Crippen LogP contribution in [0.3, 0.4) is 0 Å². The summed E-state index contributed by atoms with van der Waals surface area (Å²) in [6.07, 6.45) is 2.27. The van der Waals surface area contributed by atoms with Crippen LogP contribution < -0.4 is 5.32 Å². The van der Waals surface area contributed by atoms with Crippen LogP contribution in [0.25, 0.3) is 0 Å². The average molecular weight is 320 g/mol. The van der Waals surface area contributed by atoms with Gasteiger partial charge in [0.25, 0.3) is 0 Å². The highest BCUT2D eigenvalue weighted by molar-refractivity contribution is 7.88. The van der Waals surface area contributed by atoms with E-state index in [1.165, 1.54) is 4.31 Å². The third kappa shape index (κ3) is 4.96. The first-order valence-electron chi connectivity index (χ1n) is 6.91. The van der Waals surface area contributed by atoms with Crippen LogP contribution in [0.15, 0.2) is 0 Å². The van der Waals surface area contributed by atoms with Crippen LogP contribution >= 0.6 is 0 Å². The maximum Gasteiger partial charge on any atom is 0.326 e.